The molecule has 1 unspecified atom stereocenters. The third-order valence-electron chi connectivity index (χ3n) is 6.37. The van der Waals surface area contributed by atoms with E-state index in [1.54, 1.807) is 0 Å². The number of aromatic nitrogens is 4. The van der Waals surface area contributed by atoms with E-state index in [1.807, 2.05) is 49.1 Å². The Bertz CT molecular complexity index is 1190. The number of nitrogens with one attached hydrogen (secondary N) is 1. The first-order chi connectivity index (χ1) is 15.0. The molecular weight excluding hydrogens is 386 g/mol. The molecule has 4 aromatic rings. The third kappa shape index (κ3) is 3.85. The maximum absolute atomic E-state index is 13.0. The third-order valence-corrected chi connectivity index (χ3v) is 6.37. The van der Waals surface area contributed by atoms with E-state index >= 15 is 0 Å². The average Bonchev–Trinajstić information content (AvgIpc) is 3.48. The summed E-state index contributed by atoms with van der Waals surface area (Å²) in [6, 6.07) is 16.3. The first kappa shape index (κ1) is 19.5. The van der Waals surface area contributed by atoms with Gasteiger partial charge in [-0.2, -0.15) is 5.10 Å². The molecule has 1 aliphatic heterocycles. The van der Waals surface area contributed by atoms with Gasteiger partial charge >= 0.3 is 0 Å². The number of carbonyl (C=O) groups is 1. The van der Waals surface area contributed by atoms with Crippen molar-refractivity contribution in [2.24, 2.45) is 5.92 Å². The predicted molar refractivity (Wildman–Crippen MR) is 121 cm³/mol. The van der Waals surface area contributed by atoms with Crippen molar-refractivity contribution >= 4 is 16.9 Å². The smallest absolute Gasteiger partial charge is 0.227 e. The van der Waals surface area contributed by atoms with Crippen molar-refractivity contribution in [2.75, 3.05) is 6.54 Å². The Kier molecular flexibility index (Phi) is 4.85. The molecule has 0 radical (unpaired) electrons. The van der Waals surface area contributed by atoms with Gasteiger partial charge in [-0.1, -0.05) is 36.4 Å². The maximum Gasteiger partial charge on any atom is 0.227 e. The molecule has 2 aromatic carbocycles. The molecule has 0 saturated carbocycles. The molecular formula is C25H27N5O. The highest BCUT2D eigenvalue weighted by Gasteiger charge is 2.40. The topological polar surface area (TPSA) is 66.8 Å². The van der Waals surface area contributed by atoms with E-state index in [2.05, 4.69) is 56.7 Å². The van der Waals surface area contributed by atoms with Crippen molar-refractivity contribution in [3.8, 4) is 11.1 Å². The van der Waals surface area contributed by atoms with Crippen molar-refractivity contribution in [3.05, 3.63) is 72.8 Å². The van der Waals surface area contributed by atoms with Crippen LogP contribution in [-0.4, -0.2) is 42.6 Å². The number of benzene rings is 2. The lowest BCUT2D eigenvalue weighted by Gasteiger charge is -2.31. The van der Waals surface area contributed by atoms with Gasteiger partial charge in [0.2, 0.25) is 5.91 Å². The minimum Gasteiger partial charge on any atom is -0.337 e. The van der Waals surface area contributed by atoms with Crippen LogP contribution in [0.4, 0.5) is 0 Å². The average molecular weight is 414 g/mol. The molecule has 1 saturated heterocycles. The molecule has 5 rings (SSSR count). The molecule has 6 heteroatoms. The number of aromatic amines is 1. The molecule has 158 valence electrons. The summed E-state index contributed by atoms with van der Waals surface area (Å²) in [6.07, 6.45) is 7.08. The molecule has 1 fully saturated rings. The lowest BCUT2D eigenvalue weighted by Crippen LogP contribution is -2.43. The molecule has 0 spiro atoms. The molecule has 6 nitrogen and oxygen atoms in total. The lowest BCUT2D eigenvalue weighted by molar-refractivity contribution is -0.133. The molecule has 3 heterocycles. The Morgan fingerprint density at radius 1 is 1.16 bits per heavy atom. The number of carbonyl (C=O) groups excluding carboxylic acids is 1. The lowest BCUT2D eigenvalue weighted by atomic mass is 9.96. The number of rotatable bonds is 5. The van der Waals surface area contributed by atoms with E-state index in [1.165, 1.54) is 0 Å². The summed E-state index contributed by atoms with van der Waals surface area (Å²) < 4.78 is 2.22. The Hall–Kier alpha value is -3.41. The van der Waals surface area contributed by atoms with Crippen LogP contribution in [0.15, 0.2) is 67.3 Å². The fraction of sp³-hybridized carbons (Fsp3) is 0.320. The first-order valence-electron chi connectivity index (χ1n) is 10.8. The summed E-state index contributed by atoms with van der Waals surface area (Å²) in [5, 5.41) is 6.89. The molecule has 1 N–H and O–H groups in total. The Morgan fingerprint density at radius 2 is 2.00 bits per heavy atom. The van der Waals surface area contributed by atoms with Crippen molar-refractivity contribution in [1.82, 2.24) is 24.6 Å². The van der Waals surface area contributed by atoms with E-state index in [0.717, 1.165) is 47.2 Å². The van der Waals surface area contributed by atoms with E-state index in [-0.39, 0.29) is 11.4 Å². The van der Waals surface area contributed by atoms with Gasteiger partial charge in [-0.25, -0.2) is 4.98 Å². The van der Waals surface area contributed by atoms with Crippen LogP contribution in [0.25, 0.3) is 22.2 Å². The van der Waals surface area contributed by atoms with Crippen LogP contribution in [0, 0.1) is 5.92 Å². The van der Waals surface area contributed by atoms with Crippen LogP contribution in [0.3, 0.4) is 0 Å². The number of hydrogen-bond donors (Lipinski definition) is 1. The summed E-state index contributed by atoms with van der Waals surface area (Å²) in [7, 11) is 0. The van der Waals surface area contributed by atoms with E-state index < -0.39 is 0 Å². The highest BCUT2D eigenvalue weighted by Crippen LogP contribution is 2.35. The number of nitrogens with zero attached hydrogens (tertiary/aromatic N) is 4. The Balaban J connectivity index is 1.31. The second-order valence-electron chi connectivity index (χ2n) is 9.14. The molecule has 1 amide bonds. The van der Waals surface area contributed by atoms with Gasteiger partial charge in [-0.3, -0.25) is 9.89 Å². The van der Waals surface area contributed by atoms with Crippen LogP contribution >= 0.6 is 0 Å². The number of hydrogen-bond acceptors (Lipinski definition) is 3. The van der Waals surface area contributed by atoms with Gasteiger partial charge in [0, 0.05) is 30.4 Å². The van der Waals surface area contributed by atoms with E-state index in [9.17, 15) is 4.79 Å². The summed E-state index contributed by atoms with van der Waals surface area (Å²) in [4.78, 5) is 19.7. The summed E-state index contributed by atoms with van der Waals surface area (Å²) in [5.74, 6) is 0.611. The minimum absolute atomic E-state index is 0.138. The number of likely N-dealkylation sites (tertiary alicyclic amines) is 1. The van der Waals surface area contributed by atoms with Crippen molar-refractivity contribution < 1.29 is 4.79 Å². The Morgan fingerprint density at radius 3 is 2.77 bits per heavy atom. The number of fused-ring (bicyclic) bond motifs is 1. The molecule has 2 aromatic heterocycles. The highest BCUT2D eigenvalue weighted by atomic mass is 16.2. The van der Waals surface area contributed by atoms with Gasteiger partial charge in [-0.15, -0.1) is 0 Å². The van der Waals surface area contributed by atoms with Gasteiger partial charge in [0.15, 0.2) is 0 Å². The molecule has 1 aliphatic rings. The van der Waals surface area contributed by atoms with Gasteiger partial charge in [0.1, 0.15) is 0 Å². The van der Waals surface area contributed by atoms with Gasteiger partial charge in [0.05, 0.1) is 30.0 Å². The van der Waals surface area contributed by atoms with Gasteiger partial charge in [-0.05, 0) is 49.4 Å². The fourth-order valence-corrected chi connectivity index (χ4v) is 4.89. The minimum atomic E-state index is -0.138. The summed E-state index contributed by atoms with van der Waals surface area (Å²) in [5.41, 5.74) is 5.20. The van der Waals surface area contributed by atoms with Crippen LogP contribution < -0.4 is 0 Å². The van der Waals surface area contributed by atoms with Gasteiger partial charge in [0.25, 0.3) is 0 Å². The zero-order valence-corrected chi connectivity index (χ0v) is 18.0. The molecule has 1 atom stereocenters. The molecule has 31 heavy (non-hydrogen) atoms. The van der Waals surface area contributed by atoms with E-state index in [4.69, 9.17) is 0 Å². The largest absolute Gasteiger partial charge is 0.337 e. The first-order valence-corrected chi connectivity index (χ1v) is 10.8. The summed E-state index contributed by atoms with van der Waals surface area (Å²) >= 11 is 0. The highest BCUT2D eigenvalue weighted by molar-refractivity contribution is 5.82. The zero-order chi connectivity index (χ0) is 21.4. The maximum atomic E-state index is 13.0. The van der Waals surface area contributed by atoms with Crippen LogP contribution in [-0.2, 0) is 17.8 Å². The van der Waals surface area contributed by atoms with Crippen LogP contribution in [0.1, 0.15) is 25.8 Å². The Labute approximate surface area is 181 Å². The number of H-pyrrole nitrogens is 1. The predicted octanol–water partition coefficient (Wildman–Crippen LogP) is 4.30. The SMILES string of the molecule is CC1(C)CC(Cn2cnc3cc(-c4cn[nH]c4)ccc32)CN1C(=O)Cc1ccccc1. The monoisotopic (exact) mass is 413 g/mol. The molecule has 0 aliphatic carbocycles. The van der Waals surface area contributed by atoms with Crippen LogP contribution in [0.5, 0.6) is 0 Å². The quantitative estimate of drug-likeness (QED) is 0.531. The van der Waals surface area contributed by atoms with Gasteiger partial charge < -0.3 is 9.47 Å². The standard InChI is InChI=1S/C25H27N5O/c1-25(2)12-19(16-30(25)24(31)10-18-6-4-3-5-7-18)15-29-17-26-22-11-20(8-9-23(22)29)21-13-27-28-14-21/h3-9,11,13-14,17,19H,10,12,15-16H2,1-2H3,(H,27,28). The van der Waals surface area contributed by atoms with Crippen LogP contribution in [0.2, 0.25) is 0 Å². The molecule has 0 bridgehead atoms. The van der Waals surface area contributed by atoms with E-state index in [0.29, 0.717) is 12.3 Å². The second-order valence-corrected chi connectivity index (χ2v) is 9.14. The normalized spacial score (nSPS) is 18.0. The van der Waals surface area contributed by atoms with Crippen molar-refractivity contribution in [2.45, 2.75) is 38.8 Å². The zero-order valence-electron chi connectivity index (χ0n) is 18.0. The number of imidazole rings is 1. The fourth-order valence-electron chi connectivity index (χ4n) is 4.89. The van der Waals surface area contributed by atoms with Crippen molar-refractivity contribution in [1.29, 1.82) is 0 Å². The summed E-state index contributed by atoms with van der Waals surface area (Å²) in [6.45, 7) is 6.00. The number of amides is 1. The second kappa shape index (κ2) is 7.69. The van der Waals surface area contributed by atoms with Crippen molar-refractivity contribution in [3.63, 3.8) is 0 Å².